The molecule has 0 radical (unpaired) electrons. The van der Waals surface area contributed by atoms with E-state index in [1.165, 1.54) is 0 Å². The van der Waals surface area contributed by atoms with E-state index < -0.39 is 0 Å². The third kappa shape index (κ3) is 3.72. The van der Waals surface area contributed by atoms with Crippen LogP contribution in [-0.4, -0.2) is 7.11 Å². The van der Waals surface area contributed by atoms with Crippen molar-refractivity contribution in [3.8, 4) is 11.5 Å². The van der Waals surface area contributed by atoms with Crippen LogP contribution in [0, 0.1) is 0 Å². The second kappa shape index (κ2) is 6.59. The first-order valence-corrected chi connectivity index (χ1v) is 6.76. The molecule has 0 heterocycles. The first-order chi connectivity index (χ1) is 9.22. The molecule has 2 rings (SSSR count). The molecule has 3 nitrogen and oxygen atoms in total. The zero-order valence-electron chi connectivity index (χ0n) is 10.7. The maximum Gasteiger partial charge on any atom is 0.127 e. The van der Waals surface area contributed by atoms with Crippen LogP contribution in [-0.2, 0) is 13.2 Å². The molecule has 0 unspecified atom stereocenters. The SMILES string of the molecule is COc1ccc(CN)c(OCc2ccc(Br)cc2)c1. The van der Waals surface area contributed by atoms with Crippen molar-refractivity contribution >= 4 is 15.9 Å². The molecule has 0 aliphatic carbocycles. The topological polar surface area (TPSA) is 44.5 Å². The van der Waals surface area contributed by atoms with Crippen LogP contribution in [0.3, 0.4) is 0 Å². The van der Waals surface area contributed by atoms with Gasteiger partial charge in [0.2, 0.25) is 0 Å². The minimum absolute atomic E-state index is 0.444. The van der Waals surface area contributed by atoms with Gasteiger partial charge in [0.15, 0.2) is 0 Å². The smallest absolute Gasteiger partial charge is 0.127 e. The first kappa shape index (κ1) is 13.9. The third-order valence-corrected chi connectivity index (χ3v) is 3.33. The molecule has 0 saturated heterocycles. The summed E-state index contributed by atoms with van der Waals surface area (Å²) in [6.45, 7) is 0.952. The number of hydrogen-bond acceptors (Lipinski definition) is 3. The van der Waals surface area contributed by atoms with Crippen molar-refractivity contribution in [1.82, 2.24) is 0 Å². The summed E-state index contributed by atoms with van der Waals surface area (Å²) >= 11 is 3.41. The van der Waals surface area contributed by atoms with E-state index in [9.17, 15) is 0 Å². The average molecular weight is 322 g/mol. The summed E-state index contributed by atoms with van der Waals surface area (Å²) in [5, 5.41) is 0. The normalized spacial score (nSPS) is 10.3. The largest absolute Gasteiger partial charge is 0.497 e. The van der Waals surface area contributed by atoms with Crippen LogP contribution in [0.4, 0.5) is 0 Å². The molecule has 0 saturated carbocycles. The standard InChI is InChI=1S/C15H16BrNO2/c1-18-14-7-4-12(9-17)15(8-14)19-10-11-2-5-13(16)6-3-11/h2-8H,9-10,17H2,1H3. The van der Waals surface area contributed by atoms with Gasteiger partial charge in [0.05, 0.1) is 7.11 Å². The van der Waals surface area contributed by atoms with E-state index in [4.69, 9.17) is 15.2 Å². The fourth-order valence-corrected chi connectivity index (χ4v) is 1.97. The Balaban J connectivity index is 2.11. The first-order valence-electron chi connectivity index (χ1n) is 5.97. The van der Waals surface area contributed by atoms with Crippen LogP contribution < -0.4 is 15.2 Å². The number of halogens is 1. The van der Waals surface area contributed by atoms with Crippen molar-refractivity contribution in [1.29, 1.82) is 0 Å². The zero-order chi connectivity index (χ0) is 13.7. The highest BCUT2D eigenvalue weighted by molar-refractivity contribution is 9.10. The van der Waals surface area contributed by atoms with E-state index in [1.54, 1.807) is 7.11 Å². The van der Waals surface area contributed by atoms with Crippen molar-refractivity contribution < 1.29 is 9.47 Å². The van der Waals surface area contributed by atoms with Crippen molar-refractivity contribution in [2.75, 3.05) is 7.11 Å². The Labute approximate surface area is 121 Å². The molecule has 2 aromatic rings. The molecule has 0 bridgehead atoms. The molecule has 0 fully saturated rings. The Morgan fingerprint density at radius 2 is 1.84 bits per heavy atom. The summed E-state index contributed by atoms with van der Waals surface area (Å²) in [7, 11) is 1.63. The molecule has 0 aliphatic heterocycles. The van der Waals surface area contributed by atoms with E-state index in [1.807, 2.05) is 42.5 Å². The van der Waals surface area contributed by atoms with Crippen LogP contribution in [0.2, 0.25) is 0 Å². The van der Waals surface area contributed by atoms with Gasteiger partial charge >= 0.3 is 0 Å². The molecule has 4 heteroatoms. The van der Waals surface area contributed by atoms with Gasteiger partial charge in [0, 0.05) is 22.6 Å². The van der Waals surface area contributed by atoms with Crippen molar-refractivity contribution in [3.63, 3.8) is 0 Å². The predicted molar refractivity (Wildman–Crippen MR) is 79.4 cm³/mol. The highest BCUT2D eigenvalue weighted by Gasteiger charge is 2.05. The van der Waals surface area contributed by atoms with E-state index in [-0.39, 0.29) is 0 Å². The molecular weight excluding hydrogens is 306 g/mol. The molecule has 0 spiro atoms. The highest BCUT2D eigenvalue weighted by atomic mass is 79.9. The number of benzene rings is 2. The summed E-state index contributed by atoms with van der Waals surface area (Å²) in [4.78, 5) is 0. The Morgan fingerprint density at radius 1 is 1.11 bits per heavy atom. The van der Waals surface area contributed by atoms with Gasteiger partial charge in [-0.05, 0) is 23.8 Å². The maximum absolute atomic E-state index is 5.82. The summed E-state index contributed by atoms with van der Waals surface area (Å²) in [5.74, 6) is 1.53. The zero-order valence-corrected chi connectivity index (χ0v) is 12.3. The lowest BCUT2D eigenvalue weighted by Gasteiger charge is -2.12. The number of nitrogens with two attached hydrogens (primary N) is 1. The summed E-state index contributed by atoms with van der Waals surface area (Å²) in [5.41, 5.74) is 7.78. The van der Waals surface area contributed by atoms with Gasteiger partial charge in [-0.2, -0.15) is 0 Å². The molecule has 0 amide bonds. The lowest BCUT2D eigenvalue weighted by molar-refractivity contribution is 0.300. The minimum atomic E-state index is 0.444. The summed E-state index contributed by atoms with van der Waals surface area (Å²) in [6.07, 6.45) is 0. The van der Waals surface area contributed by atoms with Gasteiger partial charge in [0.25, 0.3) is 0 Å². The fraction of sp³-hybridized carbons (Fsp3) is 0.200. The highest BCUT2D eigenvalue weighted by Crippen LogP contribution is 2.25. The third-order valence-electron chi connectivity index (χ3n) is 2.80. The van der Waals surface area contributed by atoms with Crippen molar-refractivity contribution in [2.24, 2.45) is 5.73 Å². The van der Waals surface area contributed by atoms with Gasteiger partial charge in [-0.15, -0.1) is 0 Å². The number of ether oxygens (including phenoxy) is 2. The van der Waals surface area contributed by atoms with Gasteiger partial charge in [-0.1, -0.05) is 34.1 Å². The van der Waals surface area contributed by atoms with Crippen LogP contribution in [0.5, 0.6) is 11.5 Å². The second-order valence-electron chi connectivity index (χ2n) is 4.09. The predicted octanol–water partition coefficient (Wildman–Crippen LogP) is 3.50. The maximum atomic E-state index is 5.82. The lowest BCUT2D eigenvalue weighted by Crippen LogP contribution is -2.03. The number of hydrogen-bond donors (Lipinski definition) is 1. The Bertz CT molecular complexity index is 540. The Hall–Kier alpha value is -1.52. The molecule has 0 atom stereocenters. The van der Waals surface area contributed by atoms with E-state index in [0.717, 1.165) is 27.1 Å². The van der Waals surface area contributed by atoms with E-state index in [2.05, 4.69) is 15.9 Å². The molecular formula is C15H16BrNO2. The van der Waals surface area contributed by atoms with Gasteiger partial charge < -0.3 is 15.2 Å². The summed E-state index contributed by atoms with van der Waals surface area (Å²) in [6, 6.07) is 13.7. The van der Waals surface area contributed by atoms with E-state index >= 15 is 0 Å². The lowest BCUT2D eigenvalue weighted by atomic mass is 10.2. The Kier molecular flexibility index (Phi) is 4.82. The average Bonchev–Trinajstić information content (AvgIpc) is 2.46. The van der Waals surface area contributed by atoms with Crippen LogP contribution in [0.1, 0.15) is 11.1 Å². The molecule has 2 aromatic carbocycles. The van der Waals surface area contributed by atoms with Crippen LogP contribution in [0.25, 0.3) is 0 Å². The molecule has 19 heavy (non-hydrogen) atoms. The van der Waals surface area contributed by atoms with Gasteiger partial charge in [-0.25, -0.2) is 0 Å². The summed E-state index contributed by atoms with van der Waals surface area (Å²) < 4.78 is 12.1. The van der Waals surface area contributed by atoms with Crippen molar-refractivity contribution in [3.05, 3.63) is 58.1 Å². The van der Waals surface area contributed by atoms with E-state index in [0.29, 0.717) is 13.2 Å². The fourth-order valence-electron chi connectivity index (χ4n) is 1.71. The number of methoxy groups -OCH3 is 1. The molecule has 100 valence electrons. The van der Waals surface area contributed by atoms with Gasteiger partial charge in [-0.3, -0.25) is 0 Å². The molecule has 0 aromatic heterocycles. The number of rotatable bonds is 5. The molecule has 0 aliphatic rings. The van der Waals surface area contributed by atoms with Crippen molar-refractivity contribution in [2.45, 2.75) is 13.2 Å². The monoisotopic (exact) mass is 321 g/mol. The second-order valence-corrected chi connectivity index (χ2v) is 5.01. The Morgan fingerprint density at radius 3 is 2.47 bits per heavy atom. The minimum Gasteiger partial charge on any atom is -0.497 e. The van der Waals surface area contributed by atoms with Crippen LogP contribution >= 0.6 is 15.9 Å². The van der Waals surface area contributed by atoms with Gasteiger partial charge in [0.1, 0.15) is 18.1 Å². The molecule has 2 N–H and O–H groups in total. The quantitative estimate of drug-likeness (QED) is 0.916. The van der Waals surface area contributed by atoms with Crippen LogP contribution in [0.15, 0.2) is 46.9 Å².